The van der Waals surface area contributed by atoms with E-state index in [2.05, 4.69) is 146 Å². The zero-order valence-corrected chi connectivity index (χ0v) is 29.7. The second-order valence-corrected chi connectivity index (χ2v) is 14.6. The van der Waals surface area contributed by atoms with Gasteiger partial charge >= 0.3 is 0 Å². The smallest absolute Gasteiger partial charge is 0.164 e. The van der Waals surface area contributed by atoms with Crippen LogP contribution in [-0.4, -0.2) is 15.0 Å². The third kappa shape index (κ3) is 5.01. The van der Waals surface area contributed by atoms with Crippen LogP contribution < -0.4 is 0 Å². The highest BCUT2D eigenvalue weighted by Crippen LogP contribution is 2.41. The Bertz CT molecular complexity index is 3210. The maximum Gasteiger partial charge on any atom is 0.164 e. The summed E-state index contributed by atoms with van der Waals surface area (Å²) in [4.78, 5) is 15.3. The number of fused-ring (bicyclic) bond motifs is 7. The van der Waals surface area contributed by atoms with Crippen molar-refractivity contribution in [3.63, 3.8) is 0 Å². The molecular weight excluding hydrogens is 679 g/mol. The van der Waals surface area contributed by atoms with Gasteiger partial charge < -0.3 is 4.42 Å². The maximum absolute atomic E-state index is 6.42. The Morgan fingerprint density at radius 2 is 0.963 bits per heavy atom. The van der Waals surface area contributed by atoms with Gasteiger partial charge in [0.15, 0.2) is 17.5 Å². The van der Waals surface area contributed by atoms with Crippen molar-refractivity contribution in [2.45, 2.75) is 0 Å². The molecule has 0 unspecified atom stereocenters. The van der Waals surface area contributed by atoms with Crippen molar-refractivity contribution in [3.8, 4) is 56.4 Å². The molecule has 4 nitrogen and oxygen atoms in total. The van der Waals surface area contributed by atoms with Gasteiger partial charge in [-0.2, -0.15) is 0 Å². The van der Waals surface area contributed by atoms with Crippen LogP contribution >= 0.6 is 11.3 Å². The predicted octanol–water partition coefficient (Wildman–Crippen LogP) is 13.6. The van der Waals surface area contributed by atoms with Crippen LogP contribution in [0.15, 0.2) is 180 Å². The lowest BCUT2D eigenvalue weighted by Crippen LogP contribution is -2.00. The van der Waals surface area contributed by atoms with E-state index in [0.29, 0.717) is 17.5 Å². The summed E-state index contributed by atoms with van der Waals surface area (Å²) in [5.74, 6) is 1.94. The third-order valence-electron chi connectivity index (χ3n) is 10.4. The van der Waals surface area contributed by atoms with Crippen molar-refractivity contribution < 1.29 is 4.42 Å². The summed E-state index contributed by atoms with van der Waals surface area (Å²) in [5, 5.41) is 7.05. The molecule has 0 aliphatic carbocycles. The summed E-state index contributed by atoms with van der Waals surface area (Å²) in [5.41, 5.74) is 9.19. The highest BCUT2D eigenvalue weighted by atomic mass is 32.1. The van der Waals surface area contributed by atoms with Gasteiger partial charge in [0.05, 0.1) is 0 Å². The molecule has 0 N–H and O–H groups in total. The molecule has 8 aromatic carbocycles. The lowest BCUT2D eigenvalue weighted by molar-refractivity contribution is 0.669. The van der Waals surface area contributed by atoms with E-state index in [-0.39, 0.29) is 0 Å². The number of rotatable bonds is 5. The summed E-state index contributed by atoms with van der Waals surface area (Å²) in [6.45, 7) is 0. The minimum Gasteiger partial charge on any atom is -0.456 e. The molecule has 0 aliphatic rings. The Morgan fingerprint density at radius 1 is 0.352 bits per heavy atom. The Kier molecular flexibility index (Phi) is 7.00. The molecular formula is C49H29N3OS. The quantitative estimate of drug-likeness (QED) is 0.179. The van der Waals surface area contributed by atoms with Crippen molar-refractivity contribution in [1.29, 1.82) is 0 Å². The van der Waals surface area contributed by atoms with Crippen LogP contribution in [0.1, 0.15) is 0 Å². The highest BCUT2D eigenvalue weighted by Gasteiger charge is 2.18. The minimum atomic E-state index is 0.633. The fourth-order valence-corrected chi connectivity index (χ4v) is 8.95. The Balaban J connectivity index is 1.04. The molecule has 0 saturated carbocycles. The molecule has 0 amide bonds. The summed E-state index contributed by atoms with van der Waals surface area (Å²) in [6.07, 6.45) is 0. The van der Waals surface area contributed by atoms with Crippen molar-refractivity contribution in [3.05, 3.63) is 176 Å². The first kappa shape index (κ1) is 30.7. The van der Waals surface area contributed by atoms with Gasteiger partial charge in [0.2, 0.25) is 0 Å². The molecule has 0 saturated heterocycles. The molecule has 54 heavy (non-hydrogen) atoms. The zero-order valence-electron chi connectivity index (χ0n) is 28.9. The predicted molar refractivity (Wildman–Crippen MR) is 225 cm³/mol. The van der Waals surface area contributed by atoms with Crippen LogP contribution in [0, 0.1) is 0 Å². The Hall–Kier alpha value is -6.95. The fourth-order valence-electron chi connectivity index (χ4n) is 7.81. The van der Waals surface area contributed by atoms with E-state index < -0.39 is 0 Å². The highest BCUT2D eigenvalue weighted by molar-refractivity contribution is 7.25. The second kappa shape index (κ2) is 12.3. The normalized spacial score (nSPS) is 11.7. The van der Waals surface area contributed by atoms with Crippen LogP contribution in [0.5, 0.6) is 0 Å². The maximum atomic E-state index is 6.42. The number of aromatic nitrogens is 3. The van der Waals surface area contributed by atoms with Gasteiger partial charge in [-0.1, -0.05) is 146 Å². The molecule has 3 heterocycles. The summed E-state index contributed by atoms with van der Waals surface area (Å²) < 4.78 is 8.88. The van der Waals surface area contributed by atoms with E-state index in [1.165, 1.54) is 36.5 Å². The molecule has 252 valence electrons. The Labute approximate surface area is 314 Å². The molecule has 0 spiro atoms. The van der Waals surface area contributed by atoms with E-state index in [1.807, 2.05) is 30.3 Å². The minimum absolute atomic E-state index is 0.633. The van der Waals surface area contributed by atoms with E-state index >= 15 is 0 Å². The number of hydrogen-bond acceptors (Lipinski definition) is 5. The van der Waals surface area contributed by atoms with Crippen molar-refractivity contribution in [2.24, 2.45) is 0 Å². The van der Waals surface area contributed by atoms with E-state index in [0.717, 1.165) is 55.3 Å². The van der Waals surface area contributed by atoms with Crippen molar-refractivity contribution >= 4 is 64.2 Å². The topological polar surface area (TPSA) is 51.8 Å². The number of nitrogens with zero attached hydrogens (tertiary/aromatic N) is 3. The Morgan fingerprint density at radius 3 is 1.83 bits per heavy atom. The molecule has 11 aromatic rings. The van der Waals surface area contributed by atoms with Crippen LogP contribution in [0.4, 0.5) is 0 Å². The van der Waals surface area contributed by atoms with Crippen molar-refractivity contribution in [2.75, 3.05) is 0 Å². The van der Waals surface area contributed by atoms with Crippen LogP contribution in [0.3, 0.4) is 0 Å². The molecule has 5 heteroatoms. The lowest BCUT2D eigenvalue weighted by Gasteiger charge is -2.10. The molecule has 3 aromatic heterocycles. The first-order valence-corrected chi connectivity index (χ1v) is 18.8. The number of hydrogen-bond donors (Lipinski definition) is 0. The van der Waals surface area contributed by atoms with Crippen molar-refractivity contribution in [1.82, 2.24) is 15.0 Å². The molecule has 0 aliphatic heterocycles. The standard InChI is InChI=1S/C49H29N3OS/c1-2-12-32(13-3-1)47-50-48(52-49(51-47)39-19-10-22-44-46(39)38-16-6-7-21-43(38)54-44)33-25-23-31(24-26-33)37-18-9-20-42-45(37)40-29-34(27-28-41(40)53-42)36-17-8-14-30-11-4-5-15-35(30)36/h1-29H. The number of benzene rings is 8. The summed E-state index contributed by atoms with van der Waals surface area (Å²) in [7, 11) is 0. The average molecular weight is 708 g/mol. The van der Waals surface area contributed by atoms with Gasteiger partial charge in [0.1, 0.15) is 11.2 Å². The van der Waals surface area contributed by atoms with Gasteiger partial charge in [-0.3, -0.25) is 0 Å². The lowest BCUT2D eigenvalue weighted by atomic mass is 9.95. The van der Waals surface area contributed by atoms with E-state index in [9.17, 15) is 0 Å². The third-order valence-corrected chi connectivity index (χ3v) is 11.5. The van der Waals surface area contributed by atoms with E-state index in [4.69, 9.17) is 19.4 Å². The van der Waals surface area contributed by atoms with Crippen LogP contribution in [0.25, 0.3) is 109 Å². The van der Waals surface area contributed by atoms with Gasteiger partial charge in [0, 0.05) is 47.6 Å². The zero-order chi connectivity index (χ0) is 35.6. The van der Waals surface area contributed by atoms with Gasteiger partial charge in [-0.05, 0) is 63.4 Å². The number of thiophene rings is 1. The van der Waals surface area contributed by atoms with E-state index in [1.54, 1.807) is 11.3 Å². The number of furan rings is 1. The molecule has 0 bridgehead atoms. The SMILES string of the molecule is c1ccc(-c2nc(-c3ccc(-c4cccc5oc6ccc(-c7cccc8ccccc78)cc6c45)cc3)nc(-c3cccc4sc5ccccc5c34)n2)cc1. The second-order valence-electron chi connectivity index (χ2n) is 13.5. The first-order chi connectivity index (χ1) is 26.7. The largest absolute Gasteiger partial charge is 0.456 e. The van der Waals surface area contributed by atoms with Gasteiger partial charge in [0.25, 0.3) is 0 Å². The van der Waals surface area contributed by atoms with Crippen LogP contribution in [0.2, 0.25) is 0 Å². The fraction of sp³-hybridized carbons (Fsp3) is 0. The molecule has 0 radical (unpaired) electrons. The average Bonchev–Trinajstić information content (AvgIpc) is 3.82. The first-order valence-electron chi connectivity index (χ1n) is 18.0. The molecule has 0 fully saturated rings. The van der Waals surface area contributed by atoms with Gasteiger partial charge in [-0.25, -0.2) is 15.0 Å². The van der Waals surface area contributed by atoms with Crippen LogP contribution in [-0.2, 0) is 0 Å². The summed E-state index contributed by atoms with van der Waals surface area (Å²) >= 11 is 1.80. The van der Waals surface area contributed by atoms with Gasteiger partial charge in [-0.15, -0.1) is 11.3 Å². The molecule has 11 rings (SSSR count). The molecule has 0 atom stereocenters. The summed E-state index contributed by atoms with van der Waals surface area (Å²) in [6, 6.07) is 61.5. The monoisotopic (exact) mass is 707 g/mol.